The molecule has 0 unspecified atom stereocenters. The van der Waals surface area contributed by atoms with Crippen molar-refractivity contribution in [3.8, 4) is 0 Å². The molecule has 0 bridgehead atoms. The van der Waals surface area contributed by atoms with Crippen LogP contribution >= 0.6 is 11.6 Å². The molecule has 1 aliphatic rings. The zero-order valence-corrected chi connectivity index (χ0v) is 15.4. The average molecular weight is 366 g/mol. The number of hydrogen-bond donors (Lipinski definition) is 2. The minimum absolute atomic E-state index is 0.0885. The quantitative estimate of drug-likeness (QED) is 0.704. The lowest BCUT2D eigenvalue weighted by molar-refractivity contribution is -0.120. The van der Waals surface area contributed by atoms with Crippen LogP contribution in [-0.4, -0.2) is 36.3 Å². The minimum atomic E-state index is -0.348. The van der Waals surface area contributed by atoms with E-state index in [4.69, 9.17) is 17.3 Å². The normalized spacial score (nSPS) is 15.3. The average Bonchev–Trinajstić information content (AvgIpc) is 2.58. The van der Waals surface area contributed by atoms with Gasteiger partial charge in [-0.15, -0.1) is 0 Å². The summed E-state index contributed by atoms with van der Waals surface area (Å²) < 4.78 is 0. The van der Waals surface area contributed by atoms with Crippen LogP contribution in [0.5, 0.6) is 0 Å². The summed E-state index contributed by atoms with van der Waals surface area (Å²) in [4.78, 5) is 25.4. The molecule has 1 saturated carbocycles. The van der Waals surface area contributed by atoms with E-state index in [1.54, 1.807) is 24.3 Å². The largest absolute Gasteiger partial charge is 0.369 e. The smallest absolute Gasteiger partial charge is 0.231 e. The molecule has 25 heavy (non-hydrogen) atoms. The standard InChI is InChI=1S/C19H28ClN3O2/c20-16-7-4-8-17(13-16)22-19(25)10-12-23(14-18(21)24)11-9-15-5-2-1-3-6-15/h4,7-8,13,15H,1-3,5-6,9-12,14H2,(H2,21,24)(H,22,25). The fourth-order valence-corrected chi connectivity index (χ4v) is 3.57. The summed E-state index contributed by atoms with van der Waals surface area (Å²) in [6.07, 6.45) is 7.91. The Morgan fingerprint density at radius 3 is 2.64 bits per heavy atom. The molecule has 6 heteroatoms. The second-order valence-electron chi connectivity index (χ2n) is 6.84. The van der Waals surface area contributed by atoms with E-state index in [1.165, 1.54) is 32.1 Å². The molecule has 5 nitrogen and oxygen atoms in total. The van der Waals surface area contributed by atoms with Crippen LogP contribution in [0.3, 0.4) is 0 Å². The number of hydrogen-bond acceptors (Lipinski definition) is 3. The summed E-state index contributed by atoms with van der Waals surface area (Å²) in [5.41, 5.74) is 6.03. The SMILES string of the molecule is NC(=O)CN(CCC(=O)Nc1cccc(Cl)c1)CCC1CCCCC1. The predicted molar refractivity (Wildman–Crippen MR) is 102 cm³/mol. The van der Waals surface area contributed by atoms with Crippen molar-refractivity contribution < 1.29 is 9.59 Å². The van der Waals surface area contributed by atoms with Gasteiger partial charge in [0.25, 0.3) is 0 Å². The van der Waals surface area contributed by atoms with Crippen molar-refractivity contribution in [1.29, 1.82) is 0 Å². The summed E-state index contributed by atoms with van der Waals surface area (Å²) >= 11 is 5.92. The summed E-state index contributed by atoms with van der Waals surface area (Å²) in [5.74, 6) is 0.303. The zero-order valence-electron chi connectivity index (χ0n) is 14.7. The van der Waals surface area contributed by atoms with Gasteiger partial charge in [-0.3, -0.25) is 14.5 Å². The van der Waals surface area contributed by atoms with Gasteiger partial charge >= 0.3 is 0 Å². The van der Waals surface area contributed by atoms with Crippen LogP contribution in [0, 0.1) is 5.92 Å². The first-order chi connectivity index (χ1) is 12.0. The van der Waals surface area contributed by atoms with Crippen LogP contribution in [0.25, 0.3) is 0 Å². The molecule has 3 N–H and O–H groups in total. The molecule has 0 saturated heterocycles. The number of halogens is 1. The van der Waals surface area contributed by atoms with Gasteiger partial charge in [0.15, 0.2) is 0 Å². The maximum atomic E-state index is 12.1. The fraction of sp³-hybridized carbons (Fsp3) is 0.579. The van der Waals surface area contributed by atoms with Gasteiger partial charge in [0.05, 0.1) is 6.54 Å². The maximum Gasteiger partial charge on any atom is 0.231 e. The molecule has 2 amide bonds. The number of primary amides is 1. The third kappa shape index (κ3) is 7.88. The van der Waals surface area contributed by atoms with Gasteiger partial charge in [0, 0.05) is 23.7 Å². The highest BCUT2D eigenvalue weighted by Gasteiger charge is 2.16. The second kappa shape index (κ2) is 10.4. The Balaban J connectivity index is 1.77. The molecule has 1 aliphatic carbocycles. The molecule has 138 valence electrons. The third-order valence-electron chi connectivity index (χ3n) is 4.72. The molecular weight excluding hydrogens is 338 g/mol. The lowest BCUT2D eigenvalue weighted by Gasteiger charge is -2.26. The molecule has 0 spiro atoms. The number of rotatable bonds is 9. The lowest BCUT2D eigenvalue weighted by atomic mass is 9.87. The summed E-state index contributed by atoms with van der Waals surface area (Å²) in [5, 5.41) is 3.41. The van der Waals surface area contributed by atoms with Crippen LogP contribution in [0.15, 0.2) is 24.3 Å². The molecule has 1 fully saturated rings. The van der Waals surface area contributed by atoms with Gasteiger partial charge in [0.1, 0.15) is 0 Å². The zero-order chi connectivity index (χ0) is 18.1. The van der Waals surface area contributed by atoms with Crippen molar-refractivity contribution in [1.82, 2.24) is 4.90 Å². The number of benzene rings is 1. The molecule has 2 rings (SSSR count). The predicted octanol–water partition coefficient (Wildman–Crippen LogP) is 3.43. The van der Waals surface area contributed by atoms with Gasteiger partial charge in [-0.1, -0.05) is 49.8 Å². The molecule has 1 aromatic rings. The Labute approximate surface area is 154 Å². The molecule has 0 aromatic heterocycles. The van der Waals surface area contributed by atoms with E-state index in [0.717, 1.165) is 18.9 Å². The summed E-state index contributed by atoms with van der Waals surface area (Å²) in [7, 11) is 0. The van der Waals surface area contributed by atoms with E-state index < -0.39 is 0 Å². The Morgan fingerprint density at radius 2 is 1.96 bits per heavy atom. The van der Waals surface area contributed by atoms with Crippen molar-refractivity contribution in [3.05, 3.63) is 29.3 Å². The van der Waals surface area contributed by atoms with Crippen LogP contribution < -0.4 is 11.1 Å². The summed E-state index contributed by atoms with van der Waals surface area (Å²) in [6.45, 7) is 1.55. The third-order valence-corrected chi connectivity index (χ3v) is 4.96. The van der Waals surface area contributed by atoms with E-state index in [-0.39, 0.29) is 18.4 Å². The van der Waals surface area contributed by atoms with Crippen LogP contribution in [-0.2, 0) is 9.59 Å². The maximum absolute atomic E-state index is 12.1. The Morgan fingerprint density at radius 1 is 1.20 bits per heavy atom. The first-order valence-corrected chi connectivity index (χ1v) is 9.47. The highest BCUT2D eigenvalue weighted by molar-refractivity contribution is 6.30. The highest BCUT2D eigenvalue weighted by atomic mass is 35.5. The van der Waals surface area contributed by atoms with Crippen LogP contribution in [0.4, 0.5) is 5.69 Å². The molecule has 0 aliphatic heterocycles. The van der Waals surface area contributed by atoms with E-state index in [2.05, 4.69) is 5.32 Å². The monoisotopic (exact) mass is 365 g/mol. The van der Waals surface area contributed by atoms with Crippen molar-refractivity contribution in [3.63, 3.8) is 0 Å². The summed E-state index contributed by atoms with van der Waals surface area (Å²) in [6, 6.07) is 7.07. The lowest BCUT2D eigenvalue weighted by Crippen LogP contribution is -2.37. The number of anilines is 1. The Hall–Kier alpha value is -1.59. The Kier molecular flexibility index (Phi) is 8.22. The van der Waals surface area contributed by atoms with Crippen LogP contribution in [0.1, 0.15) is 44.9 Å². The number of nitrogens with zero attached hydrogens (tertiary/aromatic N) is 1. The van der Waals surface area contributed by atoms with Crippen molar-refractivity contribution in [2.45, 2.75) is 44.9 Å². The van der Waals surface area contributed by atoms with Gasteiger partial charge in [-0.25, -0.2) is 0 Å². The number of carbonyl (C=O) groups is 2. The second-order valence-corrected chi connectivity index (χ2v) is 7.28. The molecule has 1 aromatic carbocycles. The van der Waals surface area contributed by atoms with Gasteiger partial charge in [-0.2, -0.15) is 0 Å². The van der Waals surface area contributed by atoms with Crippen molar-refractivity contribution in [2.24, 2.45) is 11.7 Å². The van der Waals surface area contributed by atoms with Gasteiger partial charge in [0.2, 0.25) is 11.8 Å². The number of amides is 2. The van der Waals surface area contributed by atoms with E-state index in [0.29, 0.717) is 23.7 Å². The minimum Gasteiger partial charge on any atom is -0.369 e. The number of nitrogens with two attached hydrogens (primary N) is 1. The number of nitrogens with one attached hydrogen (secondary N) is 1. The highest BCUT2D eigenvalue weighted by Crippen LogP contribution is 2.26. The van der Waals surface area contributed by atoms with E-state index >= 15 is 0 Å². The fourth-order valence-electron chi connectivity index (χ4n) is 3.38. The first kappa shape index (κ1) is 19.7. The molecule has 0 radical (unpaired) electrons. The molecular formula is C19H28ClN3O2. The van der Waals surface area contributed by atoms with E-state index in [1.807, 2.05) is 4.90 Å². The van der Waals surface area contributed by atoms with E-state index in [9.17, 15) is 9.59 Å². The van der Waals surface area contributed by atoms with Crippen LogP contribution in [0.2, 0.25) is 5.02 Å². The number of carbonyl (C=O) groups excluding carboxylic acids is 2. The molecule has 0 atom stereocenters. The van der Waals surface area contributed by atoms with Gasteiger partial charge in [-0.05, 0) is 37.1 Å². The van der Waals surface area contributed by atoms with Gasteiger partial charge < -0.3 is 11.1 Å². The first-order valence-electron chi connectivity index (χ1n) is 9.09. The van der Waals surface area contributed by atoms with Crippen molar-refractivity contribution in [2.75, 3.05) is 25.0 Å². The van der Waals surface area contributed by atoms with Crippen molar-refractivity contribution >= 4 is 29.1 Å². The topological polar surface area (TPSA) is 75.4 Å². The molecule has 0 heterocycles. The Bertz CT molecular complexity index is 574.